The largest absolute Gasteiger partial charge is 0.493 e. The Bertz CT molecular complexity index is 845. The molecular formula is C20H24N2O2S. The summed E-state index contributed by atoms with van der Waals surface area (Å²) in [5.41, 5.74) is 2.02. The van der Waals surface area contributed by atoms with E-state index in [0.29, 0.717) is 13.2 Å². The number of thiazole rings is 1. The van der Waals surface area contributed by atoms with Crippen LogP contribution in [0.4, 0.5) is 0 Å². The molecule has 0 saturated carbocycles. The van der Waals surface area contributed by atoms with Crippen molar-refractivity contribution in [3.8, 4) is 22.8 Å². The highest BCUT2D eigenvalue weighted by Crippen LogP contribution is 2.42. The number of nitrogens with one attached hydrogen (secondary N) is 1. The number of benzene rings is 2. The number of hydrogen-bond acceptors (Lipinski definition) is 5. The summed E-state index contributed by atoms with van der Waals surface area (Å²) in [5, 5.41) is 8.63. The first-order chi connectivity index (χ1) is 12.3. The second-order valence-corrected chi connectivity index (χ2v) is 6.58. The van der Waals surface area contributed by atoms with Crippen LogP contribution in [-0.4, -0.2) is 31.8 Å². The molecule has 1 N–H and O–H groups in total. The van der Waals surface area contributed by atoms with Crippen LogP contribution in [-0.2, 0) is 6.42 Å². The van der Waals surface area contributed by atoms with Gasteiger partial charge in [0.25, 0.3) is 0 Å². The van der Waals surface area contributed by atoms with Crippen LogP contribution in [0.2, 0.25) is 0 Å². The van der Waals surface area contributed by atoms with Crippen molar-refractivity contribution >= 4 is 22.1 Å². The molecule has 0 unspecified atom stereocenters. The zero-order valence-corrected chi connectivity index (χ0v) is 15.8. The van der Waals surface area contributed by atoms with Gasteiger partial charge in [-0.15, -0.1) is 11.3 Å². The predicted molar refractivity (Wildman–Crippen MR) is 105 cm³/mol. The quantitative estimate of drug-likeness (QED) is 0.644. The lowest BCUT2D eigenvalue weighted by molar-refractivity contribution is 0.327. The maximum absolute atomic E-state index is 5.95. The fourth-order valence-electron chi connectivity index (χ4n) is 2.90. The van der Waals surface area contributed by atoms with Crippen molar-refractivity contribution in [2.75, 3.05) is 26.8 Å². The van der Waals surface area contributed by atoms with Crippen LogP contribution < -0.4 is 14.8 Å². The van der Waals surface area contributed by atoms with Crippen molar-refractivity contribution in [3.05, 3.63) is 40.7 Å². The third-order valence-corrected chi connectivity index (χ3v) is 4.88. The minimum absolute atomic E-state index is 0.605. The Labute approximate surface area is 152 Å². The molecule has 25 heavy (non-hydrogen) atoms. The monoisotopic (exact) mass is 356 g/mol. The molecule has 4 nitrogen and oxygen atoms in total. The molecule has 1 heterocycles. The summed E-state index contributed by atoms with van der Waals surface area (Å²) >= 11 is 1.70. The van der Waals surface area contributed by atoms with E-state index in [-0.39, 0.29) is 0 Å². The van der Waals surface area contributed by atoms with Crippen LogP contribution in [0, 0.1) is 0 Å². The first-order valence-electron chi connectivity index (χ1n) is 8.69. The van der Waals surface area contributed by atoms with Gasteiger partial charge in [-0.05, 0) is 26.3 Å². The van der Waals surface area contributed by atoms with Gasteiger partial charge in [-0.2, -0.15) is 0 Å². The number of nitrogens with zero attached hydrogens (tertiary/aromatic N) is 1. The second kappa shape index (κ2) is 8.32. The molecule has 0 aliphatic heterocycles. The highest BCUT2D eigenvalue weighted by Gasteiger charge is 2.18. The van der Waals surface area contributed by atoms with Gasteiger partial charge < -0.3 is 14.8 Å². The van der Waals surface area contributed by atoms with Crippen LogP contribution in [0.5, 0.6) is 11.5 Å². The van der Waals surface area contributed by atoms with Crippen LogP contribution in [0.3, 0.4) is 0 Å². The number of likely N-dealkylation sites (N-methyl/N-ethyl adjacent to an activating group) is 1. The molecule has 132 valence electrons. The molecule has 3 rings (SSSR count). The van der Waals surface area contributed by atoms with Crippen molar-refractivity contribution in [2.45, 2.75) is 20.3 Å². The zero-order chi connectivity index (χ0) is 17.6. The fraction of sp³-hybridized carbons (Fsp3) is 0.350. The van der Waals surface area contributed by atoms with Crippen LogP contribution in [0.15, 0.2) is 35.7 Å². The van der Waals surface area contributed by atoms with Crippen LogP contribution in [0.1, 0.15) is 18.9 Å². The summed E-state index contributed by atoms with van der Waals surface area (Å²) in [4.78, 5) is 4.84. The van der Waals surface area contributed by atoms with Gasteiger partial charge >= 0.3 is 0 Å². The lowest BCUT2D eigenvalue weighted by atomic mass is 10.0. The molecule has 5 heteroatoms. The normalized spacial score (nSPS) is 11.0. The molecule has 0 spiro atoms. The molecule has 0 atom stereocenters. The number of aromatic nitrogens is 1. The smallest absolute Gasteiger partial charge is 0.133 e. The minimum Gasteiger partial charge on any atom is -0.493 e. The molecule has 0 amide bonds. The average molecular weight is 356 g/mol. The molecule has 1 aromatic heterocycles. The van der Waals surface area contributed by atoms with Gasteiger partial charge in [-0.25, -0.2) is 4.98 Å². The second-order valence-electron chi connectivity index (χ2n) is 5.64. The average Bonchev–Trinajstić information content (AvgIpc) is 3.09. The first kappa shape index (κ1) is 17.7. The van der Waals surface area contributed by atoms with Crippen molar-refractivity contribution in [1.29, 1.82) is 0 Å². The third-order valence-electron chi connectivity index (χ3n) is 3.97. The van der Waals surface area contributed by atoms with Crippen molar-refractivity contribution in [2.24, 2.45) is 0 Å². The molecule has 0 radical (unpaired) electrons. The van der Waals surface area contributed by atoms with E-state index in [2.05, 4.69) is 22.8 Å². The topological polar surface area (TPSA) is 43.4 Å². The summed E-state index contributed by atoms with van der Waals surface area (Å²) in [6, 6.07) is 10.3. The fourth-order valence-corrected chi connectivity index (χ4v) is 3.69. The van der Waals surface area contributed by atoms with E-state index in [1.165, 1.54) is 0 Å². The van der Waals surface area contributed by atoms with Crippen molar-refractivity contribution in [3.63, 3.8) is 0 Å². The van der Waals surface area contributed by atoms with Gasteiger partial charge in [-0.1, -0.05) is 24.3 Å². The Morgan fingerprint density at radius 3 is 2.48 bits per heavy atom. The predicted octanol–water partition coefficient (Wildman–Crippen LogP) is 4.52. The number of fused-ring (bicyclic) bond motifs is 1. The minimum atomic E-state index is 0.605. The van der Waals surface area contributed by atoms with E-state index >= 15 is 0 Å². The maximum Gasteiger partial charge on any atom is 0.133 e. The standard InChI is InChI=1S/C20H24N2O2S/c1-4-23-17-12-18(24-5-2)20(15-9-7-6-8-14(15)17)16-13-25-19(22-16)10-11-21-3/h6-9,12-13,21H,4-5,10-11H2,1-3H3. The van der Waals surface area contributed by atoms with Gasteiger partial charge in [0.1, 0.15) is 11.5 Å². The Balaban J connectivity index is 2.16. The van der Waals surface area contributed by atoms with Crippen LogP contribution >= 0.6 is 11.3 Å². The van der Waals surface area contributed by atoms with E-state index < -0.39 is 0 Å². The Kier molecular flexibility index (Phi) is 5.89. The van der Waals surface area contributed by atoms with E-state index in [9.17, 15) is 0 Å². The molecule has 0 saturated heterocycles. The van der Waals surface area contributed by atoms with Gasteiger partial charge in [-0.3, -0.25) is 0 Å². The van der Waals surface area contributed by atoms with Gasteiger partial charge in [0.15, 0.2) is 0 Å². The van der Waals surface area contributed by atoms with E-state index in [1.807, 2.05) is 39.1 Å². The highest BCUT2D eigenvalue weighted by molar-refractivity contribution is 7.10. The summed E-state index contributed by atoms with van der Waals surface area (Å²) < 4.78 is 11.8. The Morgan fingerprint density at radius 2 is 1.76 bits per heavy atom. The highest BCUT2D eigenvalue weighted by atomic mass is 32.1. The maximum atomic E-state index is 5.95. The number of hydrogen-bond donors (Lipinski definition) is 1. The molecule has 2 aromatic carbocycles. The first-order valence-corrected chi connectivity index (χ1v) is 9.57. The summed E-state index contributed by atoms with van der Waals surface area (Å²) in [6.07, 6.45) is 0.931. The summed E-state index contributed by atoms with van der Waals surface area (Å²) in [7, 11) is 1.96. The van der Waals surface area contributed by atoms with E-state index in [1.54, 1.807) is 11.3 Å². The summed E-state index contributed by atoms with van der Waals surface area (Å²) in [5.74, 6) is 1.69. The summed E-state index contributed by atoms with van der Waals surface area (Å²) in [6.45, 7) is 6.15. The SMILES string of the molecule is CCOc1cc(OCC)c2ccccc2c1-c1csc(CCNC)n1. The lowest BCUT2D eigenvalue weighted by Crippen LogP contribution is -2.10. The molecule has 0 aliphatic rings. The molecule has 0 fully saturated rings. The van der Waals surface area contributed by atoms with Crippen LogP contribution in [0.25, 0.3) is 22.0 Å². The molecule has 0 bridgehead atoms. The lowest BCUT2D eigenvalue weighted by Gasteiger charge is -2.16. The van der Waals surface area contributed by atoms with E-state index in [4.69, 9.17) is 14.5 Å². The van der Waals surface area contributed by atoms with Crippen molar-refractivity contribution in [1.82, 2.24) is 10.3 Å². The molecule has 0 aliphatic carbocycles. The zero-order valence-electron chi connectivity index (χ0n) is 15.0. The Hall–Kier alpha value is -2.11. The van der Waals surface area contributed by atoms with Crippen molar-refractivity contribution < 1.29 is 9.47 Å². The van der Waals surface area contributed by atoms with Gasteiger partial charge in [0.05, 0.1) is 29.5 Å². The van der Waals surface area contributed by atoms with Gasteiger partial charge in [0, 0.05) is 29.8 Å². The number of rotatable bonds is 8. The van der Waals surface area contributed by atoms with Gasteiger partial charge in [0.2, 0.25) is 0 Å². The third kappa shape index (κ3) is 3.78. The van der Waals surface area contributed by atoms with E-state index in [0.717, 1.165) is 51.5 Å². The molecular weight excluding hydrogens is 332 g/mol. The molecule has 3 aromatic rings. The Morgan fingerprint density at radius 1 is 1.04 bits per heavy atom. The number of ether oxygens (including phenoxy) is 2.